The fourth-order valence-electron chi connectivity index (χ4n) is 2.64. The molecule has 0 radical (unpaired) electrons. The van der Waals surface area contributed by atoms with Crippen LogP contribution in [0.4, 0.5) is 8.78 Å². The standard InChI is InChI=1S/C14H18F2N2O/c15-11-5-4-10(13(16)6-11)8-18-14(19)12-3-1-2-9(12)7-17/h4-6,9,12H,1-3,7-8,17H2,(H,18,19). The van der Waals surface area contributed by atoms with E-state index in [0.29, 0.717) is 6.54 Å². The highest BCUT2D eigenvalue weighted by Gasteiger charge is 2.31. The molecule has 1 aromatic rings. The van der Waals surface area contributed by atoms with Gasteiger partial charge in [0, 0.05) is 24.1 Å². The summed E-state index contributed by atoms with van der Waals surface area (Å²) >= 11 is 0. The Hall–Kier alpha value is -1.49. The van der Waals surface area contributed by atoms with E-state index >= 15 is 0 Å². The summed E-state index contributed by atoms with van der Waals surface area (Å²) in [6.45, 7) is 0.585. The Bertz CT molecular complexity index is 465. The van der Waals surface area contributed by atoms with E-state index in [4.69, 9.17) is 5.73 Å². The molecule has 2 atom stereocenters. The molecular formula is C14H18F2N2O. The smallest absolute Gasteiger partial charge is 0.223 e. The van der Waals surface area contributed by atoms with Crippen molar-refractivity contribution in [1.82, 2.24) is 5.32 Å². The Morgan fingerprint density at radius 1 is 1.37 bits per heavy atom. The zero-order chi connectivity index (χ0) is 13.8. The van der Waals surface area contributed by atoms with Crippen LogP contribution >= 0.6 is 0 Å². The second-order valence-electron chi connectivity index (χ2n) is 4.99. The van der Waals surface area contributed by atoms with Gasteiger partial charge in [0.15, 0.2) is 0 Å². The predicted molar refractivity (Wildman–Crippen MR) is 68.1 cm³/mol. The van der Waals surface area contributed by atoms with Crippen molar-refractivity contribution in [2.24, 2.45) is 17.6 Å². The highest BCUT2D eigenvalue weighted by molar-refractivity contribution is 5.79. The van der Waals surface area contributed by atoms with E-state index in [1.807, 2.05) is 0 Å². The fourth-order valence-corrected chi connectivity index (χ4v) is 2.64. The van der Waals surface area contributed by atoms with E-state index in [-0.39, 0.29) is 29.9 Å². The van der Waals surface area contributed by atoms with Crippen LogP contribution in [-0.4, -0.2) is 12.5 Å². The van der Waals surface area contributed by atoms with Gasteiger partial charge >= 0.3 is 0 Å². The van der Waals surface area contributed by atoms with Crippen LogP contribution in [0.1, 0.15) is 24.8 Å². The van der Waals surface area contributed by atoms with Crippen LogP contribution in [-0.2, 0) is 11.3 Å². The predicted octanol–water partition coefficient (Wildman–Crippen LogP) is 1.96. The summed E-state index contributed by atoms with van der Waals surface area (Å²) in [5.41, 5.74) is 5.92. The maximum Gasteiger partial charge on any atom is 0.223 e. The number of halogens is 2. The lowest BCUT2D eigenvalue weighted by atomic mass is 9.95. The van der Waals surface area contributed by atoms with Crippen molar-refractivity contribution in [3.63, 3.8) is 0 Å². The van der Waals surface area contributed by atoms with E-state index in [2.05, 4.69) is 5.32 Å². The lowest BCUT2D eigenvalue weighted by Gasteiger charge is -2.17. The van der Waals surface area contributed by atoms with Gasteiger partial charge in [-0.2, -0.15) is 0 Å². The Labute approximate surface area is 111 Å². The van der Waals surface area contributed by atoms with E-state index in [0.717, 1.165) is 25.3 Å². The number of nitrogens with two attached hydrogens (primary N) is 1. The minimum Gasteiger partial charge on any atom is -0.352 e. The van der Waals surface area contributed by atoms with E-state index in [1.54, 1.807) is 0 Å². The summed E-state index contributed by atoms with van der Waals surface area (Å²) in [5.74, 6) is -1.20. The van der Waals surface area contributed by atoms with Crippen LogP contribution in [0.3, 0.4) is 0 Å². The van der Waals surface area contributed by atoms with Gasteiger partial charge in [0.05, 0.1) is 0 Å². The largest absolute Gasteiger partial charge is 0.352 e. The molecule has 19 heavy (non-hydrogen) atoms. The number of rotatable bonds is 4. The van der Waals surface area contributed by atoms with Crippen molar-refractivity contribution < 1.29 is 13.6 Å². The van der Waals surface area contributed by atoms with Crippen LogP contribution < -0.4 is 11.1 Å². The van der Waals surface area contributed by atoms with Gasteiger partial charge in [-0.05, 0) is 31.4 Å². The molecule has 3 nitrogen and oxygen atoms in total. The van der Waals surface area contributed by atoms with Gasteiger partial charge in [0.25, 0.3) is 0 Å². The van der Waals surface area contributed by atoms with Crippen LogP contribution in [0.25, 0.3) is 0 Å². The lowest BCUT2D eigenvalue weighted by Crippen LogP contribution is -2.34. The first-order valence-electron chi connectivity index (χ1n) is 6.53. The molecule has 0 bridgehead atoms. The maximum absolute atomic E-state index is 13.4. The molecule has 1 amide bonds. The van der Waals surface area contributed by atoms with Gasteiger partial charge in [-0.3, -0.25) is 4.79 Å². The van der Waals surface area contributed by atoms with E-state index < -0.39 is 11.6 Å². The average Bonchev–Trinajstić information content (AvgIpc) is 2.85. The topological polar surface area (TPSA) is 55.1 Å². The Morgan fingerprint density at radius 3 is 2.84 bits per heavy atom. The summed E-state index contributed by atoms with van der Waals surface area (Å²) in [6, 6.07) is 3.35. The molecule has 104 valence electrons. The fraction of sp³-hybridized carbons (Fsp3) is 0.500. The second-order valence-corrected chi connectivity index (χ2v) is 4.99. The number of amides is 1. The number of nitrogens with one attached hydrogen (secondary N) is 1. The number of hydrogen-bond donors (Lipinski definition) is 2. The number of benzene rings is 1. The molecule has 1 saturated carbocycles. The van der Waals surface area contributed by atoms with E-state index in [9.17, 15) is 13.6 Å². The van der Waals surface area contributed by atoms with Crippen LogP contribution in [0.2, 0.25) is 0 Å². The zero-order valence-electron chi connectivity index (χ0n) is 10.7. The van der Waals surface area contributed by atoms with Crippen molar-refractivity contribution in [2.45, 2.75) is 25.8 Å². The molecule has 0 aromatic heterocycles. The molecule has 3 N–H and O–H groups in total. The highest BCUT2D eigenvalue weighted by Crippen LogP contribution is 2.31. The van der Waals surface area contributed by atoms with Gasteiger partial charge in [-0.25, -0.2) is 8.78 Å². The first-order valence-corrected chi connectivity index (χ1v) is 6.53. The van der Waals surface area contributed by atoms with Gasteiger partial charge in [-0.1, -0.05) is 12.5 Å². The van der Waals surface area contributed by atoms with Crippen LogP contribution in [0.5, 0.6) is 0 Å². The van der Waals surface area contributed by atoms with Gasteiger partial charge in [0.1, 0.15) is 11.6 Å². The average molecular weight is 268 g/mol. The molecule has 1 aliphatic rings. The Morgan fingerprint density at radius 2 is 2.16 bits per heavy atom. The van der Waals surface area contributed by atoms with Crippen molar-refractivity contribution in [3.05, 3.63) is 35.4 Å². The molecule has 1 aromatic carbocycles. The molecule has 2 rings (SSSR count). The Balaban J connectivity index is 1.93. The van der Waals surface area contributed by atoms with E-state index in [1.165, 1.54) is 12.1 Å². The first kappa shape index (κ1) is 13.9. The van der Waals surface area contributed by atoms with Crippen LogP contribution in [0, 0.1) is 23.5 Å². The molecular weight excluding hydrogens is 250 g/mol. The van der Waals surface area contributed by atoms with Crippen molar-refractivity contribution in [2.75, 3.05) is 6.54 Å². The summed E-state index contributed by atoms with van der Waals surface area (Å²) in [6.07, 6.45) is 2.81. The maximum atomic E-state index is 13.4. The molecule has 0 spiro atoms. The number of carbonyl (C=O) groups is 1. The SMILES string of the molecule is NCC1CCCC1C(=O)NCc1ccc(F)cc1F. The van der Waals surface area contributed by atoms with Crippen molar-refractivity contribution in [1.29, 1.82) is 0 Å². The second kappa shape index (κ2) is 6.10. The monoisotopic (exact) mass is 268 g/mol. The quantitative estimate of drug-likeness (QED) is 0.877. The third-order valence-electron chi connectivity index (χ3n) is 3.77. The minimum absolute atomic E-state index is 0.0755. The molecule has 1 aliphatic carbocycles. The van der Waals surface area contributed by atoms with Crippen molar-refractivity contribution >= 4 is 5.91 Å². The Kier molecular flexibility index (Phi) is 4.47. The van der Waals surface area contributed by atoms with Gasteiger partial charge < -0.3 is 11.1 Å². The van der Waals surface area contributed by atoms with Crippen molar-refractivity contribution in [3.8, 4) is 0 Å². The summed E-state index contributed by atoms with van der Waals surface area (Å²) in [5, 5.41) is 2.71. The van der Waals surface area contributed by atoms with Gasteiger partial charge in [0.2, 0.25) is 5.91 Å². The molecule has 0 saturated heterocycles. The lowest BCUT2D eigenvalue weighted by molar-refractivity contribution is -0.126. The zero-order valence-corrected chi connectivity index (χ0v) is 10.7. The first-order chi connectivity index (χ1) is 9.11. The number of carbonyl (C=O) groups excluding carboxylic acids is 1. The summed E-state index contributed by atoms with van der Waals surface area (Å²) in [4.78, 5) is 12.0. The summed E-state index contributed by atoms with van der Waals surface area (Å²) in [7, 11) is 0. The third-order valence-corrected chi connectivity index (χ3v) is 3.77. The highest BCUT2D eigenvalue weighted by atomic mass is 19.1. The molecule has 5 heteroatoms. The molecule has 1 fully saturated rings. The van der Waals surface area contributed by atoms with Crippen LogP contribution in [0.15, 0.2) is 18.2 Å². The molecule has 0 heterocycles. The summed E-state index contributed by atoms with van der Waals surface area (Å²) < 4.78 is 26.2. The van der Waals surface area contributed by atoms with Gasteiger partial charge in [-0.15, -0.1) is 0 Å². The minimum atomic E-state index is -0.637. The molecule has 2 unspecified atom stereocenters. The number of hydrogen-bond acceptors (Lipinski definition) is 2. The normalized spacial score (nSPS) is 22.5. The molecule has 0 aliphatic heterocycles. The third kappa shape index (κ3) is 3.29.